The molecular formula is C27H34FN5O3S. The molecule has 4 rings (SSSR count). The van der Waals surface area contributed by atoms with E-state index >= 15 is 0 Å². The number of amides is 2. The van der Waals surface area contributed by atoms with Gasteiger partial charge in [-0.15, -0.1) is 0 Å². The van der Waals surface area contributed by atoms with Gasteiger partial charge >= 0.3 is 6.09 Å². The third-order valence-corrected chi connectivity index (χ3v) is 7.35. The molecule has 37 heavy (non-hydrogen) atoms. The van der Waals surface area contributed by atoms with Crippen LogP contribution in [0.3, 0.4) is 0 Å². The summed E-state index contributed by atoms with van der Waals surface area (Å²) in [7, 11) is 0. The number of benzene rings is 1. The van der Waals surface area contributed by atoms with E-state index in [1.165, 1.54) is 6.07 Å². The van der Waals surface area contributed by atoms with Gasteiger partial charge in [0.25, 0.3) is 5.91 Å². The van der Waals surface area contributed by atoms with Gasteiger partial charge in [0.05, 0.1) is 17.9 Å². The largest absolute Gasteiger partial charge is 0.450 e. The van der Waals surface area contributed by atoms with E-state index in [0.717, 1.165) is 37.3 Å². The highest BCUT2D eigenvalue weighted by Gasteiger charge is 2.31. The molecule has 0 bridgehead atoms. The molecule has 8 nitrogen and oxygen atoms in total. The number of hydrogen-bond donors (Lipinski definition) is 1. The molecule has 10 heteroatoms. The van der Waals surface area contributed by atoms with Gasteiger partial charge in [0.1, 0.15) is 5.82 Å². The number of rotatable bonds is 5. The Balaban J connectivity index is 1.35. The van der Waals surface area contributed by atoms with E-state index in [1.807, 2.05) is 25.1 Å². The summed E-state index contributed by atoms with van der Waals surface area (Å²) in [6, 6.07) is 10.4. The molecule has 2 aliphatic rings. The summed E-state index contributed by atoms with van der Waals surface area (Å²) in [4.78, 5) is 35.8. The molecule has 2 saturated heterocycles. The zero-order valence-corrected chi connectivity index (χ0v) is 22.2. The number of aryl methyl sites for hydroxylation is 1. The van der Waals surface area contributed by atoms with Crippen molar-refractivity contribution in [1.82, 2.24) is 25.0 Å². The number of thiocarbonyl (C=S) groups is 1. The molecule has 198 valence electrons. The van der Waals surface area contributed by atoms with Crippen molar-refractivity contribution in [3.05, 3.63) is 64.7 Å². The highest BCUT2D eigenvalue weighted by Crippen LogP contribution is 2.30. The van der Waals surface area contributed by atoms with Crippen LogP contribution in [0.5, 0.6) is 0 Å². The number of aromatic nitrogens is 1. The van der Waals surface area contributed by atoms with Crippen LogP contribution in [0.15, 0.2) is 36.4 Å². The summed E-state index contributed by atoms with van der Waals surface area (Å²) in [6.07, 6.45) is 1.30. The van der Waals surface area contributed by atoms with Crippen LogP contribution in [0.2, 0.25) is 0 Å². The molecule has 0 aliphatic carbocycles. The van der Waals surface area contributed by atoms with Crippen molar-refractivity contribution < 1.29 is 18.7 Å². The van der Waals surface area contributed by atoms with Crippen LogP contribution in [0.1, 0.15) is 53.0 Å². The van der Waals surface area contributed by atoms with Crippen LogP contribution in [0.25, 0.3) is 0 Å². The molecule has 3 heterocycles. The lowest BCUT2D eigenvalue weighted by Crippen LogP contribution is -2.51. The maximum atomic E-state index is 13.9. The number of ether oxygens (including phenoxy) is 1. The first-order chi connectivity index (χ1) is 17.9. The summed E-state index contributed by atoms with van der Waals surface area (Å²) in [5.74, 6) is -0.151. The zero-order chi connectivity index (χ0) is 26.4. The third kappa shape index (κ3) is 6.54. The minimum absolute atomic E-state index is 0.0458. The van der Waals surface area contributed by atoms with Gasteiger partial charge in [0, 0.05) is 63.0 Å². The third-order valence-electron chi connectivity index (χ3n) is 6.94. The summed E-state index contributed by atoms with van der Waals surface area (Å²) in [6.45, 7) is 7.69. The molecular weight excluding hydrogens is 493 g/mol. The lowest BCUT2D eigenvalue weighted by Gasteiger charge is -2.36. The zero-order valence-electron chi connectivity index (χ0n) is 21.4. The van der Waals surface area contributed by atoms with Gasteiger partial charge in [-0.05, 0) is 57.1 Å². The number of halogens is 1. The SMILES string of the molecule is CCOC(=O)N1CCN(C(=O)c2ccc(C)nc2C2CCN(C(=S)NCc3ccccc3F)CC2)CC1. The van der Waals surface area contributed by atoms with Crippen molar-refractivity contribution >= 4 is 29.3 Å². The van der Waals surface area contributed by atoms with Gasteiger partial charge in [0.15, 0.2) is 5.11 Å². The van der Waals surface area contributed by atoms with Crippen LogP contribution in [-0.4, -0.2) is 82.7 Å². The maximum absolute atomic E-state index is 13.9. The Kier molecular flexibility index (Phi) is 8.91. The molecule has 2 fully saturated rings. The van der Waals surface area contributed by atoms with Gasteiger partial charge in [-0.25, -0.2) is 9.18 Å². The Bertz CT molecular complexity index is 1130. The number of hydrogen-bond acceptors (Lipinski definition) is 5. The number of likely N-dealkylation sites (tertiary alicyclic amines) is 1. The maximum Gasteiger partial charge on any atom is 0.409 e. The van der Waals surface area contributed by atoms with E-state index in [-0.39, 0.29) is 23.7 Å². The topological polar surface area (TPSA) is 78.0 Å². The Morgan fingerprint density at radius 2 is 1.70 bits per heavy atom. The van der Waals surface area contributed by atoms with Gasteiger partial charge in [0.2, 0.25) is 0 Å². The Morgan fingerprint density at radius 3 is 2.38 bits per heavy atom. The average Bonchev–Trinajstić information content (AvgIpc) is 2.92. The minimum Gasteiger partial charge on any atom is -0.450 e. The second-order valence-corrected chi connectivity index (χ2v) is 9.76. The molecule has 0 spiro atoms. The van der Waals surface area contributed by atoms with Crippen molar-refractivity contribution in [2.45, 2.75) is 39.2 Å². The summed E-state index contributed by atoms with van der Waals surface area (Å²) in [5, 5.41) is 3.78. The first kappa shape index (κ1) is 26.8. The van der Waals surface area contributed by atoms with Gasteiger partial charge in [-0.1, -0.05) is 18.2 Å². The van der Waals surface area contributed by atoms with E-state index in [2.05, 4.69) is 10.2 Å². The molecule has 2 aliphatic heterocycles. The van der Waals surface area contributed by atoms with Crippen LogP contribution in [0, 0.1) is 12.7 Å². The highest BCUT2D eigenvalue weighted by molar-refractivity contribution is 7.80. The van der Waals surface area contributed by atoms with Crippen molar-refractivity contribution in [2.75, 3.05) is 45.9 Å². The van der Waals surface area contributed by atoms with Gasteiger partial charge in [-0.2, -0.15) is 0 Å². The van der Waals surface area contributed by atoms with E-state index in [0.29, 0.717) is 55.6 Å². The Labute approximate surface area is 222 Å². The number of nitrogens with zero attached hydrogens (tertiary/aromatic N) is 4. The fraction of sp³-hybridized carbons (Fsp3) is 0.481. The lowest BCUT2D eigenvalue weighted by molar-refractivity contribution is 0.0568. The highest BCUT2D eigenvalue weighted by atomic mass is 32.1. The first-order valence-electron chi connectivity index (χ1n) is 12.8. The monoisotopic (exact) mass is 527 g/mol. The fourth-order valence-corrected chi connectivity index (χ4v) is 5.08. The number of piperazine rings is 1. The summed E-state index contributed by atoms with van der Waals surface area (Å²) in [5.41, 5.74) is 2.93. The van der Waals surface area contributed by atoms with Crippen LogP contribution in [-0.2, 0) is 11.3 Å². The van der Waals surface area contributed by atoms with E-state index in [4.69, 9.17) is 21.9 Å². The quantitative estimate of drug-likeness (QED) is 0.594. The van der Waals surface area contributed by atoms with Crippen LogP contribution in [0.4, 0.5) is 9.18 Å². The number of pyridine rings is 1. The first-order valence-corrected chi connectivity index (χ1v) is 13.2. The molecule has 0 saturated carbocycles. The van der Waals surface area contributed by atoms with E-state index < -0.39 is 0 Å². The molecule has 1 aromatic heterocycles. The second-order valence-electron chi connectivity index (χ2n) is 9.38. The molecule has 0 radical (unpaired) electrons. The van der Waals surface area contributed by atoms with Crippen molar-refractivity contribution in [3.63, 3.8) is 0 Å². The van der Waals surface area contributed by atoms with Crippen LogP contribution >= 0.6 is 12.2 Å². The number of piperidine rings is 1. The van der Waals surface area contributed by atoms with E-state index in [1.54, 1.807) is 28.9 Å². The van der Waals surface area contributed by atoms with E-state index in [9.17, 15) is 14.0 Å². The Morgan fingerprint density at radius 1 is 1.03 bits per heavy atom. The molecule has 1 aromatic carbocycles. The van der Waals surface area contributed by atoms with Gasteiger partial charge < -0.3 is 24.8 Å². The lowest BCUT2D eigenvalue weighted by atomic mass is 9.89. The standard InChI is InChI=1S/C27H34FN5O3S/c1-3-36-27(35)33-16-14-31(15-17-33)25(34)22-9-8-19(2)30-24(22)20-10-12-32(13-11-20)26(37)29-18-21-6-4-5-7-23(21)28/h4-9,20H,3,10-18H2,1-2H3,(H,29,37). The molecule has 1 N–H and O–H groups in total. The Hall–Kier alpha value is -3.27. The number of carbonyl (C=O) groups is 2. The summed E-state index contributed by atoms with van der Waals surface area (Å²) < 4.78 is 19.0. The fourth-order valence-electron chi connectivity index (χ4n) is 4.83. The number of carbonyl (C=O) groups excluding carboxylic acids is 2. The minimum atomic E-state index is -0.333. The molecule has 0 unspecified atom stereocenters. The van der Waals surface area contributed by atoms with Crippen LogP contribution < -0.4 is 5.32 Å². The molecule has 2 aromatic rings. The smallest absolute Gasteiger partial charge is 0.409 e. The predicted octanol–water partition coefficient (Wildman–Crippen LogP) is 3.70. The normalized spacial score (nSPS) is 16.5. The predicted molar refractivity (Wildman–Crippen MR) is 143 cm³/mol. The van der Waals surface area contributed by atoms with Crippen molar-refractivity contribution in [1.29, 1.82) is 0 Å². The van der Waals surface area contributed by atoms with Gasteiger partial charge in [-0.3, -0.25) is 9.78 Å². The van der Waals surface area contributed by atoms with Crippen molar-refractivity contribution in [2.24, 2.45) is 0 Å². The average molecular weight is 528 g/mol. The van der Waals surface area contributed by atoms with Crippen molar-refractivity contribution in [3.8, 4) is 0 Å². The molecule has 2 amide bonds. The number of nitrogens with one attached hydrogen (secondary N) is 1. The summed E-state index contributed by atoms with van der Waals surface area (Å²) >= 11 is 5.57. The molecule has 0 atom stereocenters. The second kappa shape index (κ2) is 12.3.